The molecule has 0 unspecified atom stereocenters. The van der Waals surface area contributed by atoms with Crippen LogP contribution in [0.3, 0.4) is 0 Å². The molecule has 1 aliphatic rings. The maximum atomic E-state index is 13.3. The molecule has 2 aromatic heterocycles. The molecule has 3 heterocycles. The van der Waals surface area contributed by atoms with Gasteiger partial charge >= 0.3 is 0 Å². The molecule has 4 rings (SSSR count). The Labute approximate surface area is 156 Å². The number of aryl methyl sites for hydroxylation is 2. The first kappa shape index (κ1) is 18.0. The van der Waals surface area contributed by atoms with Crippen LogP contribution in [-0.4, -0.2) is 46.0 Å². The molecular formula is C18H20N4O4S. The van der Waals surface area contributed by atoms with Gasteiger partial charge < -0.3 is 9.63 Å². The SMILES string of the molecule is CCc1noc([C@]2(O)CCN(S(=O)(=O)c3ccc(C)c4ncccc34)C2)n1. The molecule has 1 atom stereocenters. The molecule has 0 spiro atoms. The summed E-state index contributed by atoms with van der Waals surface area (Å²) in [4.78, 5) is 8.66. The van der Waals surface area contributed by atoms with Gasteiger partial charge in [0.1, 0.15) is 0 Å². The van der Waals surface area contributed by atoms with E-state index in [9.17, 15) is 13.5 Å². The van der Waals surface area contributed by atoms with Crippen molar-refractivity contribution in [2.45, 2.75) is 37.2 Å². The fourth-order valence-electron chi connectivity index (χ4n) is 3.38. The molecule has 0 aliphatic carbocycles. The van der Waals surface area contributed by atoms with Gasteiger partial charge in [-0.05, 0) is 30.7 Å². The lowest BCUT2D eigenvalue weighted by atomic mass is 10.0. The normalized spacial score (nSPS) is 21.1. The average molecular weight is 388 g/mol. The van der Waals surface area contributed by atoms with Crippen molar-refractivity contribution in [3.05, 3.63) is 47.7 Å². The average Bonchev–Trinajstić information content (AvgIpc) is 3.30. The van der Waals surface area contributed by atoms with Crippen LogP contribution in [0.5, 0.6) is 0 Å². The fraction of sp³-hybridized carbons (Fsp3) is 0.389. The third-order valence-corrected chi connectivity index (χ3v) is 6.85. The van der Waals surface area contributed by atoms with E-state index in [4.69, 9.17) is 4.52 Å². The van der Waals surface area contributed by atoms with Gasteiger partial charge in [-0.15, -0.1) is 0 Å². The topological polar surface area (TPSA) is 109 Å². The second-order valence-electron chi connectivity index (χ2n) is 6.77. The van der Waals surface area contributed by atoms with E-state index < -0.39 is 15.6 Å². The zero-order chi connectivity index (χ0) is 19.2. The van der Waals surface area contributed by atoms with Gasteiger partial charge in [0, 0.05) is 31.0 Å². The van der Waals surface area contributed by atoms with E-state index in [1.807, 2.05) is 13.8 Å². The minimum absolute atomic E-state index is 0.0625. The highest BCUT2D eigenvalue weighted by atomic mass is 32.2. The molecule has 1 aromatic carbocycles. The summed E-state index contributed by atoms with van der Waals surface area (Å²) in [5.74, 6) is 0.544. The van der Waals surface area contributed by atoms with Crippen molar-refractivity contribution in [2.75, 3.05) is 13.1 Å². The smallest absolute Gasteiger partial charge is 0.260 e. The molecular weight excluding hydrogens is 368 g/mol. The Morgan fingerprint density at radius 1 is 1.33 bits per heavy atom. The standard InChI is InChI=1S/C18H20N4O4S/c1-3-15-20-17(26-21-15)18(23)8-10-22(11-18)27(24,25)14-7-6-12(2)16-13(14)5-4-9-19-16/h4-7,9,23H,3,8,10-11H2,1-2H3/t18-/m0/s1. The third kappa shape index (κ3) is 2.91. The lowest BCUT2D eigenvalue weighted by Crippen LogP contribution is -2.34. The first-order valence-corrected chi connectivity index (χ1v) is 10.2. The van der Waals surface area contributed by atoms with Crippen LogP contribution in [0.2, 0.25) is 0 Å². The Balaban J connectivity index is 1.71. The molecule has 9 heteroatoms. The van der Waals surface area contributed by atoms with Crippen molar-refractivity contribution in [1.82, 2.24) is 19.4 Å². The number of benzene rings is 1. The molecule has 0 saturated carbocycles. The van der Waals surface area contributed by atoms with Crippen LogP contribution in [0.25, 0.3) is 10.9 Å². The van der Waals surface area contributed by atoms with E-state index in [1.165, 1.54) is 4.31 Å². The predicted octanol–water partition coefficient (Wildman–Crippen LogP) is 1.77. The summed E-state index contributed by atoms with van der Waals surface area (Å²) in [6.45, 7) is 3.80. The van der Waals surface area contributed by atoms with Gasteiger partial charge in [-0.3, -0.25) is 4.98 Å². The van der Waals surface area contributed by atoms with E-state index in [1.54, 1.807) is 30.5 Å². The van der Waals surface area contributed by atoms with Gasteiger partial charge in [0.15, 0.2) is 11.4 Å². The summed E-state index contributed by atoms with van der Waals surface area (Å²) in [6, 6.07) is 6.80. The molecule has 1 aliphatic heterocycles. The highest BCUT2D eigenvalue weighted by molar-refractivity contribution is 7.89. The summed E-state index contributed by atoms with van der Waals surface area (Å²) in [5, 5.41) is 15.3. The van der Waals surface area contributed by atoms with Gasteiger partial charge in [-0.25, -0.2) is 8.42 Å². The van der Waals surface area contributed by atoms with Crippen LogP contribution in [0.15, 0.2) is 39.9 Å². The largest absolute Gasteiger partial charge is 0.379 e. The van der Waals surface area contributed by atoms with Crippen molar-refractivity contribution in [2.24, 2.45) is 0 Å². The van der Waals surface area contributed by atoms with Crippen LogP contribution in [0, 0.1) is 6.92 Å². The molecule has 142 valence electrons. The summed E-state index contributed by atoms with van der Waals surface area (Å²) in [7, 11) is -3.82. The van der Waals surface area contributed by atoms with E-state index in [-0.39, 0.29) is 30.3 Å². The molecule has 0 radical (unpaired) electrons. The van der Waals surface area contributed by atoms with Gasteiger partial charge in [-0.1, -0.05) is 18.1 Å². The molecule has 0 bridgehead atoms. The minimum Gasteiger partial charge on any atom is -0.379 e. The Morgan fingerprint density at radius 3 is 2.89 bits per heavy atom. The number of β-amino-alcohol motifs (C(OH)–C–C–N with tert-alkyl or cyclic N) is 1. The first-order chi connectivity index (χ1) is 12.8. The van der Waals surface area contributed by atoms with Crippen molar-refractivity contribution in [3.8, 4) is 0 Å². The van der Waals surface area contributed by atoms with E-state index in [0.717, 1.165) is 5.56 Å². The second-order valence-corrected chi connectivity index (χ2v) is 8.68. The van der Waals surface area contributed by atoms with Crippen molar-refractivity contribution >= 4 is 20.9 Å². The highest BCUT2D eigenvalue weighted by Crippen LogP contribution is 2.35. The third-order valence-electron chi connectivity index (χ3n) is 4.94. The summed E-state index contributed by atoms with van der Waals surface area (Å²) in [6.07, 6.45) is 2.41. The van der Waals surface area contributed by atoms with Crippen LogP contribution in [0.4, 0.5) is 0 Å². The summed E-state index contributed by atoms with van der Waals surface area (Å²) in [5.41, 5.74) is 0.0737. The number of nitrogens with zero attached hydrogens (tertiary/aromatic N) is 4. The molecule has 1 N–H and O–H groups in total. The van der Waals surface area contributed by atoms with Gasteiger partial charge in [0.05, 0.1) is 17.0 Å². The first-order valence-electron chi connectivity index (χ1n) is 8.75. The number of fused-ring (bicyclic) bond motifs is 1. The molecule has 1 saturated heterocycles. The van der Waals surface area contributed by atoms with Crippen LogP contribution < -0.4 is 0 Å². The van der Waals surface area contributed by atoms with Gasteiger partial charge in [-0.2, -0.15) is 9.29 Å². The maximum absolute atomic E-state index is 13.3. The summed E-state index contributed by atoms with van der Waals surface area (Å²) >= 11 is 0. The Hall–Kier alpha value is -2.36. The van der Waals surface area contributed by atoms with Crippen LogP contribution >= 0.6 is 0 Å². The minimum atomic E-state index is -3.82. The number of hydrogen-bond acceptors (Lipinski definition) is 7. The predicted molar refractivity (Wildman–Crippen MR) is 97.4 cm³/mol. The van der Waals surface area contributed by atoms with Gasteiger partial charge in [0.2, 0.25) is 10.0 Å². The number of aromatic nitrogens is 3. The molecule has 8 nitrogen and oxygen atoms in total. The Bertz CT molecular complexity index is 1110. The zero-order valence-corrected chi connectivity index (χ0v) is 15.9. The van der Waals surface area contributed by atoms with E-state index in [2.05, 4.69) is 15.1 Å². The number of aliphatic hydroxyl groups is 1. The van der Waals surface area contributed by atoms with Crippen molar-refractivity contribution in [3.63, 3.8) is 0 Å². The van der Waals surface area contributed by atoms with Crippen LogP contribution in [-0.2, 0) is 22.0 Å². The van der Waals surface area contributed by atoms with Crippen LogP contribution in [0.1, 0.15) is 30.6 Å². The van der Waals surface area contributed by atoms with Gasteiger partial charge in [0.25, 0.3) is 5.89 Å². The van der Waals surface area contributed by atoms with E-state index in [0.29, 0.717) is 23.1 Å². The quantitative estimate of drug-likeness (QED) is 0.725. The molecule has 0 amide bonds. The number of sulfonamides is 1. The lowest BCUT2D eigenvalue weighted by molar-refractivity contribution is 0.0194. The fourth-order valence-corrected chi connectivity index (χ4v) is 5.05. The summed E-state index contributed by atoms with van der Waals surface area (Å²) < 4.78 is 32.9. The van der Waals surface area contributed by atoms with Crippen molar-refractivity contribution in [1.29, 1.82) is 0 Å². The number of rotatable bonds is 4. The number of hydrogen-bond donors (Lipinski definition) is 1. The zero-order valence-electron chi connectivity index (χ0n) is 15.1. The lowest BCUT2D eigenvalue weighted by Gasteiger charge is -2.20. The highest BCUT2D eigenvalue weighted by Gasteiger charge is 2.47. The van der Waals surface area contributed by atoms with E-state index >= 15 is 0 Å². The molecule has 1 fully saturated rings. The Morgan fingerprint density at radius 2 is 2.15 bits per heavy atom. The monoisotopic (exact) mass is 388 g/mol. The van der Waals surface area contributed by atoms with Crippen molar-refractivity contribution < 1.29 is 18.0 Å². The Kier molecular flexibility index (Phi) is 4.25. The maximum Gasteiger partial charge on any atom is 0.260 e. The second kappa shape index (κ2) is 6.36. The molecule has 3 aromatic rings. The molecule has 27 heavy (non-hydrogen) atoms. The number of pyridine rings is 1.